The Kier molecular flexibility index (Phi) is 2.52. The molecule has 2 heteroatoms. The van der Waals surface area contributed by atoms with Crippen molar-refractivity contribution in [2.45, 2.75) is 45.1 Å². The summed E-state index contributed by atoms with van der Waals surface area (Å²) in [5.74, 6) is 4.18. The van der Waals surface area contributed by atoms with Gasteiger partial charge in [-0.25, -0.2) is 5.01 Å². The lowest BCUT2D eigenvalue weighted by molar-refractivity contribution is -0.0379. The van der Waals surface area contributed by atoms with Crippen molar-refractivity contribution in [3.05, 3.63) is 0 Å². The lowest BCUT2D eigenvalue weighted by Gasteiger charge is -2.55. The largest absolute Gasteiger partial charge is 0.252 e. The number of rotatable bonds is 3. The van der Waals surface area contributed by atoms with Crippen LogP contribution < -0.4 is 5.43 Å². The first-order valence-electron chi connectivity index (χ1n) is 6.73. The van der Waals surface area contributed by atoms with Crippen LogP contribution >= 0.6 is 0 Å². The molecule has 4 bridgehead atoms. The number of nitrogens with zero attached hydrogens (tertiary/aromatic N) is 1. The molecule has 0 unspecified atom stereocenters. The molecule has 0 aromatic heterocycles. The highest BCUT2D eigenvalue weighted by molar-refractivity contribution is 5.00. The Bertz CT molecular complexity index is 211. The van der Waals surface area contributed by atoms with Gasteiger partial charge in [-0.2, -0.15) is 0 Å². The van der Waals surface area contributed by atoms with E-state index in [-0.39, 0.29) is 0 Å². The number of hydrogen-bond acceptors (Lipinski definition) is 2. The lowest BCUT2D eigenvalue weighted by Crippen LogP contribution is -2.58. The smallest absolute Gasteiger partial charge is 0.0272 e. The van der Waals surface area contributed by atoms with Crippen molar-refractivity contribution in [2.24, 2.45) is 23.7 Å². The van der Waals surface area contributed by atoms with Gasteiger partial charge in [-0.05, 0) is 55.8 Å². The summed E-state index contributed by atoms with van der Waals surface area (Å²) in [4.78, 5) is 0. The summed E-state index contributed by atoms with van der Waals surface area (Å²) in [6.07, 6.45) is 7.62. The van der Waals surface area contributed by atoms with E-state index in [9.17, 15) is 0 Å². The van der Waals surface area contributed by atoms with Crippen LogP contribution in [0.4, 0.5) is 0 Å². The molecule has 1 N–H and O–H groups in total. The molecule has 4 rings (SSSR count). The fourth-order valence-electron chi connectivity index (χ4n) is 4.48. The quantitative estimate of drug-likeness (QED) is 0.716. The molecule has 0 atom stereocenters. The molecule has 4 aliphatic rings. The van der Waals surface area contributed by atoms with Gasteiger partial charge in [0.25, 0.3) is 0 Å². The Morgan fingerprint density at radius 3 is 2.00 bits per heavy atom. The average Bonchev–Trinajstić information content (AvgIpc) is 2.22. The fourth-order valence-corrected chi connectivity index (χ4v) is 4.48. The van der Waals surface area contributed by atoms with E-state index in [1.807, 2.05) is 0 Å². The minimum atomic E-state index is 0.808. The van der Waals surface area contributed by atoms with Crippen LogP contribution in [-0.2, 0) is 0 Å². The van der Waals surface area contributed by atoms with E-state index in [1.54, 1.807) is 6.42 Å². The Balaban J connectivity index is 1.69. The van der Waals surface area contributed by atoms with Crippen LogP contribution in [0.25, 0.3) is 0 Å². The minimum absolute atomic E-state index is 0.808. The van der Waals surface area contributed by atoms with Crippen LogP contribution in [0.2, 0.25) is 0 Å². The molecular weight excluding hydrogens is 184 g/mol. The molecule has 0 aliphatic heterocycles. The molecule has 15 heavy (non-hydrogen) atoms. The van der Waals surface area contributed by atoms with Crippen molar-refractivity contribution in [1.29, 1.82) is 0 Å². The third-order valence-electron chi connectivity index (χ3n) is 5.07. The Hall–Kier alpha value is -0.0800. The van der Waals surface area contributed by atoms with Crippen LogP contribution in [-0.4, -0.2) is 24.6 Å². The van der Waals surface area contributed by atoms with Gasteiger partial charge in [-0.1, -0.05) is 6.92 Å². The zero-order chi connectivity index (χ0) is 10.4. The minimum Gasteiger partial charge on any atom is -0.252 e. The highest BCUT2D eigenvalue weighted by atomic mass is 15.5. The van der Waals surface area contributed by atoms with Crippen LogP contribution in [0, 0.1) is 23.7 Å². The second kappa shape index (κ2) is 3.74. The molecule has 0 heterocycles. The Morgan fingerprint density at radius 2 is 1.53 bits per heavy atom. The standard InChI is InChI=1S/C13H24N2/c1-3-15(2)14-13-11-5-9-4-10(7-11)8-12(13)6-9/h9-14H,3-8H2,1-2H3. The molecule has 2 nitrogen and oxygen atoms in total. The maximum Gasteiger partial charge on any atom is 0.0272 e. The summed E-state index contributed by atoms with van der Waals surface area (Å²) in [7, 11) is 2.19. The molecule has 4 aliphatic carbocycles. The van der Waals surface area contributed by atoms with E-state index in [0.717, 1.165) is 36.3 Å². The van der Waals surface area contributed by atoms with Crippen molar-refractivity contribution in [2.75, 3.05) is 13.6 Å². The molecule has 0 amide bonds. The predicted octanol–water partition coefficient (Wildman–Crippen LogP) is 2.27. The second-order valence-corrected chi connectivity index (χ2v) is 6.10. The third-order valence-corrected chi connectivity index (χ3v) is 5.07. The van der Waals surface area contributed by atoms with E-state index in [0.29, 0.717) is 0 Å². The Labute approximate surface area is 93.4 Å². The monoisotopic (exact) mass is 208 g/mol. The van der Waals surface area contributed by atoms with E-state index >= 15 is 0 Å². The normalized spacial score (nSPS) is 47.8. The summed E-state index contributed by atoms with van der Waals surface area (Å²) in [6, 6.07) is 0.808. The summed E-state index contributed by atoms with van der Waals surface area (Å²) in [6.45, 7) is 3.34. The second-order valence-electron chi connectivity index (χ2n) is 6.10. The first-order chi connectivity index (χ1) is 7.26. The third kappa shape index (κ3) is 1.72. The van der Waals surface area contributed by atoms with E-state index in [4.69, 9.17) is 0 Å². The van der Waals surface area contributed by atoms with E-state index in [1.165, 1.54) is 25.7 Å². The van der Waals surface area contributed by atoms with Gasteiger partial charge in [0.1, 0.15) is 0 Å². The van der Waals surface area contributed by atoms with Gasteiger partial charge >= 0.3 is 0 Å². The molecule has 0 aromatic rings. The Morgan fingerprint density at radius 1 is 1.00 bits per heavy atom. The summed E-state index contributed by atoms with van der Waals surface area (Å²) < 4.78 is 0. The highest BCUT2D eigenvalue weighted by Gasteiger charge is 2.48. The van der Waals surface area contributed by atoms with E-state index in [2.05, 4.69) is 24.4 Å². The summed E-state index contributed by atoms with van der Waals surface area (Å²) >= 11 is 0. The molecule has 4 fully saturated rings. The van der Waals surface area contributed by atoms with Gasteiger partial charge in [0.2, 0.25) is 0 Å². The molecule has 4 saturated carbocycles. The van der Waals surface area contributed by atoms with Gasteiger partial charge in [0, 0.05) is 19.6 Å². The van der Waals surface area contributed by atoms with Crippen molar-refractivity contribution >= 4 is 0 Å². The maximum atomic E-state index is 3.74. The van der Waals surface area contributed by atoms with Gasteiger partial charge in [-0.3, -0.25) is 5.43 Å². The van der Waals surface area contributed by atoms with Crippen LogP contribution in [0.3, 0.4) is 0 Å². The highest BCUT2D eigenvalue weighted by Crippen LogP contribution is 2.53. The molecule has 0 radical (unpaired) electrons. The molecule has 0 saturated heterocycles. The zero-order valence-corrected chi connectivity index (χ0v) is 10.1. The van der Waals surface area contributed by atoms with Crippen LogP contribution in [0.5, 0.6) is 0 Å². The van der Waals surface area contributed by atoms with E-state index < -0.39 is 0 Å². The van der Waals surface area contributed by atoms with Gasteiger partial charge in [-0.15, -0.1) is 0 Å². The van der Waals surface area contributed by atoms with Crippen molar-refractivity contribution in [1.82, 2.24) is 10.4 Å². The van der Waals surface area contributed by atoms with Crippen LogP contribution in [0.15, 0.2) is 0 Å². The lowest BCUT2D eigenvalue weighted by atomic mass is 9.54. The first kappa shape index (κ1) is 10.1. The van der Waals surface area contributed by atoms with Gasteiger partial charge < -0.3 is 0 Å². The van der Waals surface area contributed by atoms with Crippen molar-refractivity contribution < 1.29 is 0 Å². The van der Waals surface area contributed by atoms with Crippen molar-refractivity contribution in [3.63, 3.8) is 0 Å². The molecular formula is C13H24N2. The zero-order valence-electron chi connectivity index (χ0n) is 10.1. The van der Waals surface area contributed by atoms with Gasteiger partial charge in [0.15, 0.2) is 0 Å². The number of hydrazine groups is 1. The van der Waals surface area contributed by atoms with Gasteiger partial charge in [0.05, 0.1) is 0 Å². The number of hydrogen-bond donors (Lipinski definition) is 1. The first-order valence-corrected chi connectivity index (χ1v) is 6.73. The molecule has 0 spiro atoms. The maximum absolute atomic E-state index is 3.74. The predicted molar refractivity (Wildman–Crippen MR) is 62.3 cm³/mol. The summed E-state index contributed by atoms with van der Waals surface area (Å²) in [5.41, 5.74) is 3.74. The summed E-state index contributed by atoms with van der Waals surface area (Å²) in [5, 5.41) is 2.28. The average molecular weight is 208 g/mol. The fraction of sp³-hybridized carbons (Fsp3) is 1.00. The topological polar surface area (TPSA) is 15.3 Å². The SMILES string of the molecule is CCN(C)NC1C2CC3CC(C2)CC1C3. The van der Waals surface area contributed by atoms with Crippen LogP contribution in [0.1, 0.15) is 39.0 Å². The molecule has 86 valence electrons. The number of nitrogens with one attached hydrogen (secondary N) is 1. The molecule has 0 aromatic carbocycles. The van der Waals surface area contributed by atoms with Crippen molar-refractivity contribution in [3.8, 4) is 0 Å².